The minimum Gasteiger partial charge on any atom is -0.335 e. The summed E-state index contributed by atoms with van der Waals surface area (Å²) < 4.78 is 3.24. The fraction of sp³-hybridized carbons (Fsp3) is 0.588. The number of nitrogens with zero attached hydrogens (tertiary/aromatic N) is 7. The lowest BCUT2D eigenvalue weighted by atomic mass is 10.2. The van der Waals surface area contributed by atoms with Gasteiger partial charge in [-0.15, -0.1) is 0 Å². The minimum atomic E-state index is -0.528. The molecule has 0 atom stereocenters. The Kier molecular flexibility index (Phi) is 5.26. The average Bonchev–Trinajstić information content (AvgIpc) is 3.13. The summed E-state index contributed by atoms with van der Waals surface area (Å²) in [5.74, 6) is -0.334. The van der Waals surface area contributed by atoms with Gasteiger partial charge in [-0.3, -0.25) is 29.2 Å². The van der Waals surface area contributed by atoms with Crippen LogP contribution in [0, 0.1) is 24.0 Å². The highest BCUT2D eigenvalue weighted by atomic mass is 16.6. The number of piperazine rings is 1. The normalized spacial score (nSPS) is 15.3. The second-order valence-electron chi connectivity index (χ2n) is 6.83. The molecule has 1 aliphatic rings. The third kappa shape index (κ3) is 3.70. The maximum Gasteiger partial charge on any atom is 0.322 e. The van der Waals surface area contributed by atoms with Crippen molar-refractivity contribution >= 4 is 11.6 Å². The number of amides is 1. The first-order chi connectivity index (χ1) is 12.8. The van der Waals surface area contributed by atoms with Crippen LogP contribution in [0.2, 0.25) is 0 Å². The van der Waals surface area contributed by atoms with Crippen molar-refractivity contribution < 1.29 is 9.72 Å². The molecule has 1 amide bonds. The Balaban J connectivity index is 1.66. The van der Waals surface area contributed by atoms with Crippen LogP contribution in [0.15, 0.2) is 6.20 Å². The summed E-state index contributed by atoms with van der Waals surface area (Å²) in [4.78, 5) is 27.6. The molecular formula is C17H25N7O3. The van der Waals surface area contributed by atoms with Gasteiger partial charge in [0.05, 0.1) is 10.6 Å². The molecule has 2 aromatic rings. The zero-order chi connectivity index (χ0) is 19.7. The number of nitro groups is 1. The molecule has 0 saturated carbocycles. The SMILES string of the molecule is CCn1cc(CN2CCN(C(=O)c3c([N+](=O)[O-])c(C)nn3C)CC2)c(C)n1. The third-order valence-corrected chi connectivity index (χ3v) is 5.00. The summed E-state index contributed by atoms with van der Waals surface area (Å²) in [5, 5.41) is 19.8. The first kappa shape index (κ1) is 19.0. The molecule has 0 aromatic carbocycles. The van der Waals surface area contributed by atoms with Crippen molar-refractivity contribution in [2.45, 2.75) is 33.9 Å². The molecule has 2 aromatic heterocycles. The molecule has 10 nitrogen and oxygen atoms in total. The quantitative estimate of drug-likeness (QED) is 0.573. The highest BCUT2D eigenvalue weighted by molar-refractivity contribution is 5.97. The van der Waals surface area contributed by atoms with E-state index in [9.17, 15) is 14.9 Å². The summed E-state index contributed by atoms with van der Waals surface area (Å²) in [6.45, 7) is 9.73. The Hall–Kier alpha value is -2.75. The van der Waals surface area contributed by atoms with Gasteiger partial charge in [0.15, 0.2) is 0 Å². The van der Waals surface area contributed by atoms with Crippen LogP contribution in [0.4, 0.5) is 5.69 Å². The Morgan fingerprint density at radius 2 is 1.85 bits per heavy atom. The van der Waals surface area contributed by atoms with Gasteiger partial charge in [-0.2, -0.15) is 10.2 Å². The molecule has 3 heterocycles. The van der Waals surface area contributed by atoms with Crippen LogP contribution in [0.5, 0.6) is 0 Å². The molecule has 0 spiro atoms. The summed E-state index contributed by atoms with van der Waals surface area (Å²) in [5.41, 5.74) is 2.32. The van der Waals surface area contributed by atoms with Crippen molar-refractivity contribution in [2.24, 2.45) is 7.05 Å². The Morgan fingerprint density at radius 1 is 1.19 bits per heavy atom. The van der Waals surface area contributed by atoms with Gasteiger partial charge < -0.3 is 4.90 Å². The van der Waals surface area contributed by atoms with E-state index in [0.717, 1.165) is 18.8 Å². The van der Waals surface area contributed by atoms with Gasteiger partial charge >= 0.3 is 5.69 Å². The predicted molar refractivity (Wildman–Crippen MR) is 98.4 cm³/mol. The van der Waals surface area contributed by atoms with E-state index in [1.54, 1.807) is 18.9 Å². The van der Waals surface area contributed by atoms with Gasteiger partial charge in [0.1, 0.15) is 5.69 Å². The summed E-state index contributed by atoms with van der Waals surface area (Å²) in [6.07, 6.45) is 2.06. The number of carbonyl (C=O) groups excluding carboxylic acids is 1. The molecule has 0 bridgehead atoms. The van der Waals surface area contributed by atoms with Crippen molar-refractivity contribution in [1.82, 2.24) is 29.4 Å². The second kappa shape index (κ2) is 7.47. The van der Waals surface area contributed by atoms with Gasteiger partial charge in [0.25, 0.3) is 5.91 Å². The predicted octanol–water partition coefficient (Wildman–Crippen LogP) is 1.12. The molecule has 0 unspecified atom stereocenters. The van der Waals surface area contributed by atoms with E-state index in [2.05, 4.69) is 28.2 Å². The Morgan fingerprint density at radius 3 is 2.41 bits per heavy atom. The second-order valence-corrected chi connectivity index (χ2v) is 6.83. The molecule has 10 heteroatoms. The van der Waals surface area contributed by atoms with Crippen molar-refractivity contribution in [3.8, 4) is 0 Å². The number of carbonyl (C=O) groups is 1. The molecule has 0 aliphatic carbocycles. The number of aromatic nitrogens is 4. The van der Waals surface area contributed by atoms with Crippen LogP contribution in [0.1, 0.15) is 34.4 Å². The fourth-order valence-electron chi connectivity index (χ4n) is 3.48. The monoisotopic (exact) mass is 375 g/mol. The topological polar surface area (TPSA) is 102 Å². The third-order valence-electron chi connectivity index (χ3n) is 5.00. The number of hydrogen-bond donors (Lipinski definition) is 0. The lowest BCUT2D eigenvalue weighted by Gasteiger charge is -2.34. The van der Waals surface area contributed by atoms with E-state index in [0.29, 0.717) is 26.2 Å². The first-order valence-electron chi connectivity index (χ1n) is 9.04. The molecule has 27 heavy (non-hydrogen) atoms. The van der Waals surface area contributed by atoms with Crippen molar-refractivity contribution in [3.05, 3.63) is 39.0 Å². The van der Waals surface area contributed by atoms with E-state index in [-0.39, 0.29) is 23.0 Å². The van der Waals surface area contributed by atoms with E-state index >= 15 is 0 Å². The van der Waals surface area contributed by atoms with Gasteiger partial charge in [0, 0.05) is 58.1 Å². The molecule has 1 saturated heterocycles. The van der Waals surface area contributed by atoms with Gasteiger partial charge in [-0.25, -0.2) is 0 Å². The van der Waals surface area contributed by atoms with Gasteiger partial charge in [-0.05, 0) is 20.8 Å². The van der Waals surface area contributed by atoms with Crippen LogP contribution >= 0.6 is 0 Å². The van der Waals surface area contributed by atoms with Crippen LogP contribution in [-0.2, 0) is 20.1 Å². The van der Waals surface area contributed by atoms with Crippen LogP contribution < -0.4 is 0 Å². The molecule has 0 radical (unpaired) electrons. The molecule has 3 rings (SSSR count). The van der Waals surface area contributed by atoms with E-state index in [1.807, 2.05) is 11.6 Å². The lowest BCUT2D eigenvalue weighted by molar-refractivity contribution is -0.385. The van der Waals surface area contributed by atoms with Crippen LogP contribution in [0.25, 0.3) is 0 Å². The number of aryl methyl sites for hydroxylation is 4. The van der Waals surface area contributed by atoms with Gasteiger partial charge in [0.2, 0.25) is 5.69 Å². The Bertz CT molecular complexity index is 862. The zero-order valence-corrected chi connectivity index (χ0v) is 16.2. The summed E-state index contributed by atoms with van der Waals surface area (Å²) in [7, 11) is 1.57. The summed E-state index contributed by atoms with van der Waals surface area (Å²) >= 11 is 0. The molecule has 146 valence electrons. The number of rotatable bonds is 5. The fourth-order valence-corrected chi connectivity index (χ4v) is 3.48. The molecule has 1 fully saturated rings. The standard InChI is InChI=1S/C17H25N7O3/c1-5-23-11-14(12(2)19-23)10-21-6-8-22(9-7-21)17(25)16-15(24(26)27)13(3)18-20(16)4/h11H,5-10H2,1-4H3. The highest BCUT2D eigenvalue weighted by Gasteiger charge is 2.33. The number of hydrogen-bond acceptors (Lipinski definition) is 6. The molecule has 0 N–H and O–H groups in total. The largest absolute Gasteiger partial charge is 0.335 e. The molecule has 1 aliphatic heterocycles. The lowest BCUT2D eigenvalue weighted by Crippen LogP contribution is -2.48. The van der Waals surface area contributed by atoms with E-state index in [1.165, 1.54) is 10.2 Å². The van der Waals surface area contributed by atoms with E-state index in [4.69, 9.17) is 0 Å². The van der Waals surface area contributed by atoms with Gasteiger partial charge in [-0.1, -0.05) is 0 Å². The zero-order valence-electron chi connectivity index (χ0n) is 16.2. The smallest absolute Gasteiger partial charge is 0.322 e. The maximum atomic E-state index is 12.8. The van der Waals surface area contributed by atoms with E-state index < -0.39 is 4.92 Å². The average molecular weight is 375 g/mol. The first-order valence-corrected chi connectivity index (χ1v) is 9.04. The van der Waals surface area contributed by atoms with Crippen LogP contribution in [0.3, 0.4) is 0 Å². The maximum absolute atomic E-state index is 12.8. The van der Waals surface area contributed by atoms with Crippen molar-refractivity contribution in [1.29, 1.82) is 0 Å². The van der Waals surface area contributed by atoms with Crippen molar-refractivity contribution in [3.63, 3.8) is 0 Å². The van der Waals surface area contributed by atoms with Crippen LogP contribution in [-0.4, -0.2) is 66.4 Å². The Labute approximate surface area is 157 Å². The highest BCUT2D eigenvalue weighted by Crippen LogP contribution is 2.24. The minimum absolute atomic E-state index is 0.0472. The summed E-state index contributed by atoms with van der Waals surface area (Å²) in [6, 6.07) is 0. The molecular weight excluding hydrogens is 350 g/mol. The van der Waals surface area contributed by atoms with Crippen molar-refractivity contribution in [2.75, 3.05) is 26.2 Å².